The quantitative estimate of drug-likeness (QED) is 0.132. The number of esters is 3. The lowest BCUT2D eigenvalue weighted by Gasteiger charge is -2.36. The molecular weight excluding hydrogens is 542 g/mol. The maximum Gasteiger partial charge on any atom is 0.308 e. The van der Waals surface area contributed by atoms with Crippen molar-refractivity contribution in [2.45, 2.75) is 70.9 Å². The van der Waals surface area contributed by atoms with Crippen LogP contribution in [0.4, 0.5) is 5.82 Å². The summed E-state index contributed by atoms with van der Waals surface area (Å²) in [6.07, 6.45) is -2.09. The fourth-order valence-electron chi connectivity index (χ4n) is 4.05. The number of ether oxygens (including phenoxy) is 4. The molecule has 13 nitrogen and oxygen atoms in total. The average molecular weight is 576 g/mol. The molecule has 1 fully saturated rings. The first-order valence-electron chi connectivity index (χ1n) is 13.4. The van der Waals surface area contributed by atoms with Crippen LogP contribution in [-0.2, 0) is 38.9 Å². The monoisotopic (exact) mass is 576 g/mol. The van der Waals surface area contributed by atoms with Gasteiger partial charge in [-0.3, -0.25) is 14.4 Å². The molecule has 0 spiro atoms. The van der Waals surface area contributed by atoms with E-state index in [4.69, 9.17) is 34.6 Å². The lowest BCUT2D eigenvalue weighted by Crippen LogP contribution is -2.55. The first-order valence-corrected chi connectivity index (χ1v) is 13.4. The van der Waals surface area contributed by atoms with Gasteiger partial charge < -0.3 is 23.8 Å². The molecule has 0 saturated carbocycles. The Balaban J connectivity index is 2.29. The Kier molecular flexibility index (Phi) is 9.72. The largest absolute Gasteiger partial charge is 0.477 e. The van der Waals surface area contributed by atoms with E-state index >= 15 is 0 Å². The third-order valence-corrected chi connectivity index (χ3v) is 6.33. The van der Waals surface area contributed by atoms with E-state index < -0.39 is 65.0 Å². The standard InChI is InChI=1S/C27H34B2N6O7/c1-14(2)23(36)39-19-20(40-24(37)15(3)4)26(11-30,41-21(19)27(28,29)42-25(38)16(5)6)18-10-9-17-22(32-13-34(7)8)31-12-33-35(17)18/h9-10,12-16,19-21H,1-8H3/t19-,20+,21?,26-/m0/s1. The molecule has 0 N–H and O–H groups in total. The Morgan fingerprint density at radius 2 is 1.69 bits per heavy atom. The first kappa shape index (κ1) is 32.6. The van der Waals surface area contributed by atoms with Crippen molar-refractivity contribution >= 4 is 51.3 Å². The van der Waals surface area contributed by atoms with Gasteiger partial charge in [0.2, 0.25) is 5.60 Å². The van der Waals surface area contributed by atoms with Gasteiger partial charge in [0.15, 0.2) is 18.0 Å². The lowest BCUT2D eigenvalue weighted by atomic mass is 9.60. The van der Waals surface area contributed by atoms with Crippen molar-refractivity contribution in [3.05, 3.63) is 24.2 Å². The number of fused-ring (bicyclic) bond motifs is 1. The molecule has 0 bridgehead atoms. The van der Waals surface area contributed by atoms with Crippen molar-refractivity contribution in [1.82, 2.24) is 19.5 Å². The smallest absolute Gasteiger partial charge is 0.308 e. The van der Waals surface area contributed by atoms with Crippen molar-refractivity contribution in [3.8, 4) is 6.07 Å². The maximum atomic E-state index is 13.0. The van der Waals surface area contributed by atoms with Gasteiger partial charge in [-0.1, -0.05) is 41.5 Å². The van der Waals surface area contributed by atoms with Crippen LogP contribution < -0.4 is 0 Å². The van der Waals surface area contributed by atoms with Gasteiger partial charge in [0.05, 0.1) is 35.2 Å². The third kappa shape index (κ3) is 6.43. The highest BCUT2D eigenvalue weighted by atomic mass is 16.7. The van der Waals surface area contributed by atoms with Gasteiger partial charge in [0.25, 0.3) is 0 Å². The van der Waals surface area contributed by atoms with Gasteiger partial charge in [-0.15, -0.1) is 0 Å². The number of aromatic nitrogens is 3. The number of aliphatic imine (C=N–C) groups is 1. The Bertz CT molecular complexity index is 1400. The fraction of sp³-hybridized carbons (Fsp3) is 0.593. The van der Waals surface area contributed by atoms with Crippen LogP contribution in [0.5, 0.6) is 0 Å². The Labute approximate surface area is 247 Å². The summed E-state index contributed by atoms with van der Waals surface area (Å²) < 4.78 is 24.5. The molecule has 1 saturated heterocycles. The van der Waals surface area contributed by atoms with E-state index in [1.165, 1.54) is 23.2 Å². The second-order valence-corrected chi connectivity index (χ2v) is 11.2. The molecule has 3 heterocycles. The highest BCUT2D eigenvalue weighted by molar-refractivity contribution is 6.40. The van der Waals surface area contributed by atoms with Gasteiger partial charge in [-0.25, -0.2) is 14.5 Å². The molecule has 42 heavy (non-hydrogen) atoms. The summed E-state index contributed by atoms with van der Waals surface area (Å²) in [5.41, 5.74) is -1.74. The Morgan fingerprint density at radius 1 is 1.10 bits per heavy atom. The molecule has 0 aliphatic carbocycles. The molecular formula is C27H34B2N6O7. The van der Waals surface area contributed by atoms with E-state index in [-0.39, 0.29) is 11.5 Å². The van der Waals surface area contributed by atoms with E-state index in [0.29, 0.717) is 5.52 Å². The van der Waals surface area contributed by atoms with Crippen molar-refractivity contribution in [2.24, 2.45) is 22.7 Å². The first-order chi connectivity index (χ1) is 19.6. The molecule has 0 aromatic carbocycles. The lowest BCUT2D eigenvalue weighted by molar-refractivity contribution is -0.175. The molecule has 4 atom stereocenters. The number of hydrogen-bond acceptors (Lipinski definition) is 11. The molecule has 2 aromatic rings. The van der Waals surface area contributed by atoms with Crippen molar-refractivity contribution in [1.29, 1.82) is 5.26 Å². The van der Waals surface area contributed by atoms with Crippen LogP contribution in [0.1, 0.15) is 47.2 Å². The fourth-order valence-corrected chi connectivity index (χ4v) is 4.05. The summed E-state index contributed by atoms with van der Waals surface area (Å²) in [5, 5.41) is 12.6. The highest BCUT2D eigenvalue weighted by Crippen LogP contribution is 2.46. The molecule has 1 unspecified atom stereocenters. The zero-order valence-corrected chi connectivity index (χ0v) is 25.0. The van der Waals surface area contributed by atoms with E-state index in [2.05, 4.69) is 21.1 Å². The van der Waals surface area contributed by atoms with Crippen LogP contribution in [0, 0.1) is 29.1 Å². The van der Waals surface area contributed by atoms with Gasteiger partial charge in [0.1, 0.15) is 39.7 Å². The van der Waals surface area contributed by atoms with Crippen LogP contribution in [0.3, 0.4) is 0 Å². The Hall–Kier alpha value is -3.92. The van der Waals surface area contributed by atoms with Gasteiger partial charge in [-0.05, 0) is 12.1 Å². The van der Waals surface area contributed by atoms with E-state index in [9.17, 15) is 19.6 Å². The minimum Gasteiger partial charge on any atom is -0.477 e. The molecule has 220 valence electrons. The molecule has 3 rings (SSSR count). The highest BCUT2D eigenvalue weighted by Gasteiger charge is 2.66. The van der Waals surface area contributed by atoms with Gasteiger partial charge >= 0.3 is 17.9 Å². The molecule has 1 aliphatic heterocycles. The Morgan fingerprint density at radius 3 is 2.24 bits per heavy atom. The summed E-state index contributed by atoms with van der Waals surface area (Å²) in [7, 11) is 16.2. The topological polar surface area (TPSA) is 158 Å². The number of nitrogens with zero attached hydrogens (tertiary/aromatic N) is 6. The average Bonchev–Trinajstić information content (AvgIpc) is 3.48. The van der Waals surface area contributed by atoms with Crippen LogP contribution in [0.15, 0.2) is 23.5 Å². The summed E-state index contributed by atoms with van der Waals surface area (Å²) >= 11 is 0. The molecule has 15 heteroatoms. The summed E-state index contributed by atoms with van der Waals surface area (Å²) in [6.45, 7) is 9.50. The zero-order valence-electron chi connectivity index (χ0n) is 25.0. The maximum absolute atomic E-state index is 13.0. The zero-order chi connectivity index (χ0) is 31.6. The summed E-state index contributed by atoms with van der Waals surface area (Å²) in [6, 6.07) is 5.19. The predicted octanol–water partition coefficient (Wildman–Crippen LogP) is 1.39. The van der Waals surface area contributed by atoms with Crippen molar-refractivity contribution < 1.29 is 33.3 Å². The van der Waals surface area contributed by atoms with Crippen LogP contribution in [0.25, 0.3) is 5.52 Å². The number of carbonyl (C=O) groups is 3. The molecule has 2 aromatic heterocycles. The minimum absolute atomic E-state index is 0.0735. The summed E-state index contributed by atoms with van der Waals surface area (Å²) in [4.78, 5) is 48.7. The number of carbonyl (C=O) groups excluding carboxylic acids is 3. The van der Waals surface area contributed by atoms with E-state index in [1.54, 1.807) is 66.6 Å². The van der Waals surface area contributed by atoms with E-state index in [0.717, 1.165) is 0 Å². The van der Waals surface area contributed by atoms with E-state index in [1.807, 2.05) is 0 Å². The molecule has 4 radical (unpaired) electrons. The van der Waals surface area contributed by atoms with Crippen LogP contribution in [0.2, 0.25) is 0 Å². The van der Waals surface area contributed by atoms with Gasteiger partial charge in [0, 0.05) is 14.1 Å². The number of hydrogen-bond donors (Lipinski definition) is 0. The second-order valence-electron chi connectivity index (χ2n) is 11.2. The number of rotatable bonds is 10. The third-order valence-electron chi connectivity index (χ3n) is 6.33. The molecule has 0 amide bonds. The minimum atomic E-state index is -2.42. The number of nitriles is 1. The van der Waals surface area contributed by atoms with Gasteiger partial charge in [-0.2, -0.15) is 10.4 Å². The van der Waals surface area contributed by atoms with Crippen LogP contribution >= 0.6 is 0 Å². The SMILES string of the molecule is [B]C([B])(OC(=O)C(C)C)C1O[C@@](C#N)(c2ccc3c(N=CN(C)C)ncnn23)[C@H](OC(=O)C(C)C)[C@@H]1OC(=O)C(C)C. The normalized spacial score (nSPS) is 22.6. The molecule has 1 aliphatic rings. The summed E-state index contributed by atoms with van der Waals surface area (Å²) in [5.74, 6) is -3.85. The van der Waals surface area contributed by atoms with Crippen molar-refractivity contribution in [2.75, 3.05) is 14.1 Å². The van der Waals surface area contributed by atoms with Crippen LogP contribution in [-0.4, -0.2) is 97.2 Å². The second kappa shape index (κ2) is 12.5. The predicted molar refractivity (Wildman–Crippen MR) is 152 cm³/mol. The van der Waals surface area contributed by atoms with Crippen molar-refractivity contribution in [3.63, 3.8) is 0 Å².